The summed E-state index contributed by atoms with van der Waals surface area (Å²) >= 11 is 6.43. The summed E-state index contributed by atoms with van der Waals surface area (Å²) in [5, 5.41) is 10.3. The molecular weight excluding hydrogens is 357 g/mol. The third-order valence-corrected chi connectivity index (χ3v) is 4.71. The van der Waals surface area contributed by atoms with Gasteiger partial charge in [0.1, 0.15) is 0 Å². The topological polar surface area (TPSA) is 53.2 Å². The summed E-state index contributed by atoms with van der Waals surface area (Å²) in [4.78, 5) is 11.6. The molecule has 3 N–H and O–H groups in total. The van der Waals surface area contributed by atoms with Crippen molar-refractivity contribution in [1.29, 1.82) is 0 Å². The quantitative estimate of drug-likeness (QED) is 0.762. The highest BCUT2D eigenvalue weighted by Crippen LogP contribution is 2.31. The van der Waals surface area contributed by atoms with Gasteiger partial charge in [0, 0.05) is 19.2 Å². The van der Waals surface area contributed by atoms with E-state index in [0.717, 1.165) is 42.2 Å². The van der Waals surface area contributed by atoms with Crippen molar-refractivity contribution in [3.05, 3.63) is 63.7 Å². The van der Waals surface area contributed by atoms with Gasteiger partial charge in [0.05, 0.1) is 10.7 Å². The Kier molecular flexibility index (Phi) is 7.12. The maximum Gasteiger partial charge on any atom is 0.251 e. The van der Waals surface area contributed by atoms with Crippen molar-refractivity contribution < 1.29 is 4.79 Å². The molecule has 0 saturated carbocycles. The Labute approximate surface area is 159 Å². The maximum absolute atomic E-state index is 11.6. The highest BCUT2D eigenvalue weighted by atomic mass is 35.5. The summed E-state index contributed by atoms with van der Waals surface area (Å²) < 4.78 is 0. The molecule has 0 spiro atoms. The number of nitrogens with one attached hydrogen (secondary N) is 3. The van der Waals surface area contributed by atoms with Crippen LogP contribution in [0.4, 0.5) is 5.69 Å². The number of fused-ring (bicyclic) bond motifs is 1. The molecule has 2 aromatic rings. The van der Waals surface area contributed by atoms with Crippen molar-refractivity contribution in [3.8, 4) is 0 Å². The number of benzene rings is 2. The third-order valence-electron chi connectivity index (χ3n) is 4.39. The molecular formula is C19H23Cl2N3O. The van der Waals surface area contributed by atoms with Crippen LogP contribution in [0.1, 0.15) is 27.0 Å². The lowest BCUT2D eigenvalue weighted by Gasteiger charge is -2.16. The van der Waals surface area contributed by atoms with Crippen molar-refractivity contribution in [2.24, 2.45) is 0 Å². The summed E-state index contributed by atoms with van der Waals surface area (Å²) in [5.41, 5.74) is 5.49. The lowest BCUT2D eigenvalue weighted by Crippen LogP contribution is -2.17. The molecule has 0 fully saturated rings. The Morgan fingerprint density at radius 1 is 1.12 bits per heavy atom. The number of amides is 1. The van der Waals surface area contributed by atoms with E-state index >= 15 is 0 Å². The van der Waals surface area contributed by atoms with E-state index in [9.17, 15) is 4.79 Å². The van der Waals surface area contributed by atoms with E-state index in [-0.39, 0.29) is 18.3 Å². The Morgan fingerprint density at radius 3 is 2.56 bits per heavy atom. The van der Waals surface area contributed by atoms with Gasteiger partial charge in [-0.05, 0) is 60.8 Å². The average molecular weight is 380 g/mol. The minimum Gasteiger partial charge on any atom is -0.380 e. The number of carbonyl (C=O) groups is 1. The molecule has 0 atom stereocenters. The van der Waals surface area contributed by atoms with E-state index in [2.05, 4.69) is 22.0 Å². The summed E-state index contributed by atoms with van der Waals surface area (Å²) in [6.45, 7) is 2.66. The standard InChI is InChI=1S/C19H22ClN3O.ClH/c1-21-19(24)15-4-2-13(3-5-15)12-23-18-16-9-11-22-10-8-14(16)6-7-17(18)20;/h2-7,22-23H,8-12H2,1H3,(H,21,24);1H. The molecule has 0 aliphatic carbocycles. The van der Waals surface area contributed by atoms with Crippen molar-refractivity contribution in [2.45, 2.75) is 19.4 Å². The molecule has 1 amide bonds. The van der Waals surface area contributed by atoms with Crippen LogP contribution in [0.3, 0.4) is 0 Å². The van der Waals surface area contributed by atoms with E-state index in [1.165, 1.54) is 11.1 Å². The van der Waals surface area contributed by atoms with Crippen LogP contribution in [0.15, 0.2) is 36.4 Å². The van der Waals surface area contributed by atoms with Crippen molar-refractivity contribution in [1.82, 2.24) is 10.6 Å². The van der Waals surface area contributed by atoms with E-state index in [1.54, 1.807) is 7.05 Å². The molecule has 0 radical (unpaired) electrons. The summed E-state index contributed by atoms with van der Waals surface area (Å²) in [6, 6.07) is 11.7. The van der Waals surface area contributed by atoms with Gasteiger partial charge >= 0.3 is 0 Å². The highest BCUT2D eigenvalue weighted by molar-refractivity contribution is 6.33. The van der Waals surface area contributed by atoms with Gasteiger partial charge < -0.3 is 16.0 Å². The van der Waals surface area contributed by atoms with Crippen molar-refractivity contribution in [3.63, 3.8) is 0 Å². The molecule has 1 heterocycles. The van der Waals surface area contributed by atoms with Gasteiger partial charge in [-0.25, -0.2) is 0 Å². The number of anilines is 1. The largest absolute Gasteiger partial charge is 0.380 e. The molecule has 1 aliphatic rings. The first kappa shape index (κ1) is 19.6. The Bertz CT molecular complexity index is 732. The van der Waals surface area contributed by atoms with Crippen LogP contribution in [-0.2, 0) is 19.4 Å². The zero-order valence-corrected chi connectivity index (χ0v) is 15.8. The number of halogens is 2. The molecule has 0 bridgehead atoms. The van der Waals surface area contributed by atoms with E-state index in [0.29, 0.717) is 12.1 Å². The van der Waals surface area contributed by atoms with Gasteiger partial charge in [-0.2, -0.15) is 0 Å². The summed E-state index contributed by atoms with van der Waals surface area (Å²) in [5.74, 6) is -0.0709. The molecule has 0 aromatic heterocycles. The second-order valence-electron chi connectivity index (χ2n) is 5.94. The maximum atomic E-state index is 11.6. The summed E-state index contributed by atoms with van der Waals surface area (Å²) in [7, 11) is 1.63. The summed E-state index contributed by atoms with van der Waals surface area (Å²) in [6.07, 6.45) is 2.01. The Balaban J connectivity index is 0.00000225. The van der Waals surface area contributed by atoms with Crippen LogP contribution >= 0.6 is 24.0 Å². The first-order chi connectivity index (χ1) is 11.7. The predicted octanol–water partition coefficient (Wildman–Crippen LogP) is 3.42. The zero-order valence-electron chi connectivity index (χ0n) is 14.2. The number of hydrogen-bond acceptors (Lipinski definition) is 3. The molecule has 0 unspecified atom stereocenters. The predicted molar refractivity (Wildman–Crippen MR) is 106 cm³/mol. The van der Waals surface area contributed by atoms with Crippen LogP contribution in [-0.4, -0.2) is 26.0 Å². The fourth-order valence-electron chi connectivity index (χ4n) is 3.04. The van der Waals surface area contributed by atoms with Gasteiger partial charge in [0.25, 0.3) is 5.91 Å². The van der Waals surface area contributed by atoms with Gasteiger partial charge in [-0.15, -0.1) is 12.4 Å². The second-order valence-corrected chi connectivity index (χ2v) is 6.35. The van der Waals surface area contributed by atoms with Crippen LogP contribution in [0, 0.1) is 0 Å². The lowest BCUT2D eigenvalue weighted by atomic mass is 10.0. The van der Waals surface area contributed by atoms with E-state index in [4.69, 9.17) is 11.6 Å². The molecule has 1 aliphatic heterocycles. The van der Waals surface area contributed by atoms with Crippen LogP contribution in [0.25, 0.3) is 0 Å². The Hall–Kier alpha value is -1.75. The van der Waals surface area contributed by atoms with Gasteiger partial charge in [-0.1, -0.05) is 29.8 Å². The van der Waals surface area contributed by atoms with Gasteiger partial charge in [0.15, 0.2) is 0 Å². The molecule has 6 heteroatoms. The minimum absolute atomic E-state index is 0. The van der Waals surface area contributed by atoms with E-state index < -0.39 is 0 Å². The number of rotatable bonds is 4. The molecule has 2 aromatic carbocycles. The second kappa shape index (κ2) is 9.09. The highest BCUT2D eigenvalue weighted by Gasteiger charge is 2.14. The first-order valence-corrected chi connectivity index (χ1v) is 8.62. The fraction of sp³-hybridized carbons (Fsp3) is 0.316. The average Bonchev–Trinajstić information content (AvgIpc) is 2.86. The van der Waals surface area contributed by atoms with Gasteiger partial charge in [0.2, 0.25) is 0 Å². The van der Waals surface area contributed by atoms with Crippen LogP contribution < -0.4 is 16.0 Å². The molecule has 0 saturated heterocycles. The third kappa shape index (κ3) is 4.66. The molecule has 25 heavy (non-hydrogen) atoms. The normalized spacial score (nSPS) is 13.2. The lowest BCUT2D eigenvalue weighted by molar-refractivity contribution is 0.0963. The smallest absolute Gasteiger partial charge is 0.251 e. The SMILES string of the molecule is CNC(=O)c1ccc(CNc2c(Cl)ccc3c2CCNCC3)cc1.Cl. The number of hydrogen-bond donors (Lipinski definition) is 3. The number of carbonyl (C=O) groups excluding carboxylic acids is 1. The molecule has 3 rings (SSSR count). The first-order valence-electron chi connectivity index (χ1n) is 8.25. The fourth-order valence-corrected chi connectivity index (χ4v) is 3.29. The van der Waals surface area contributed by atoms with Crippen molar-refractivity contribution >= 4 is 35.6 Å². The molecule has 134 valence electrons. The van der Waals surface area contributed by atoms with Crippen molar-refractivity contribution in [2.75, 3.05) is 25.5 Å². The van der Waals surface area contributed by atoms with E-state index in [1.807, 2.05) is 30.3 Å². The minimum atomic E-state index is -0.0709. The van der Waals surface area contributed by atoms with Crippen LogP contribution in [0.2, 0.25) is 5.02 Å². The molecule has 4 nitrogen and oxygen atoms in total. The van der Waals surface area contributed by atoms with Crippen LogP contribution in [0.5, 0.6) is 0 Å². The van der Waals surface area contributed by atoms with Gasteiger partial charge in [-0.3, -0.25) is 4.79 Å². The Morgan fingerprint density at radius 2 is 1.84 bits per heavy atom. The zero-order chi connectivity index (χ0) is 16.9. The monoisotopic (exact) mass is 379 g/mol.